The molecule has 1 amide bonds. The number of furan rings is 1. The van der Waals surface area contributed by atoms with Gasteiger partial charge >= 0.3 is 0 Å². The number of benzene rings is 3. The summed E-state index contributed by atoms with van der Waals surface area (Å²) in [5.74, 6) is 0.287. The van der Waals surface area contributed by atoms with E-state index in [1.54, 1.807) is 6.07 Å². The second-order valence-corrected chi connectivity index (χ2v) is 8.23. The zero-order valence-corrected chi connectivity index (χ0v) is 18.0. The largest absolute Gasteiger partial charge is 0.451 e. The van der Waals surface area contributed by atoms with Crippen LogP contribution < -0.4 is 5.32 Å². The maximum absolute atomic E-state index is 12.8. The smallest absolute Gasteiger partial charge is 0.287 e. The van der Waals surface area contributed by atoms with Crippen molar-refractivity contribution in [2.45, 2.75) is 18.8 Å². The van der Waals surface area contributed by atoms with Gasteiger partial charge in [-0.15, -0.1) is 0 Å². The number of para-hydroxylation sites is 1. The third-order valence-corrected chi connectivity index (χ3v) is 5.93. The molecule has 0 aliphatic carbocycles. The highest BCUT2D eigenvalue weighted by Gasteiger charge is 2.23. The van der Waals surface area contributed by atoms with Crippen molar-refractivity contribution in [1.29, 1.82) is 0 Å². The lowest BCUT2D eigenvalue weighted by Crippen LogP contribution is -2.30. The first-order valence-electron chi connectivity index (χ1n) is 9.79. The summed E-state index contributed by atoms with van der Waals surface area (Å²) >= 11 is 12.1. The van der Waals surface area contributed by atoms with Crippen molar-refractivity contribution in [3.05, 3.63) is 106 Å². The number of amides is 1. The van der Waals surface area contributed by atoms with Crippen LogP contribution >= 0.6 is 23.2 Å². The van der Waals surface area contributed by atoms with E-state index in [1.165, 1.54) is 0 Å². The molecule has 5 heteroatoms. The lowest BCUT2D eigenvalue weighted by atomic mass is 9.82. The van der Waals surface area contributed by atoms with Crippen molar-refractivity contribution in [3.8, 4) is 0 Å². The molecule has 30 heavy (non-hydrogen) atoms. The molecule has 0 fully saturated rings. The van der Waals surface area contributed by atoms with Gasteiger partial charge < -0.3 is 9.73 Å². The molecule has 2 atom stereocenters. The van der Waals surface area contributed by atoms with Gasteiger partial charge in [-0.2, -0.15) is 0 Å². The molecular formula is C25H21Cl2NO2. The second kappa shape index (κ2) is 8.95. The molecule has 0 saturated heterocycles. The average molecular weight is 438 g/mol. The first-order chi connectivity index (χ1) is 14.5. The van der Waals surface area contributed by atoms with Crippen molar-refractivity contribution >= 4 is 40.1 Å². The van der Waals surface area contributed by atoms with Crippen molar-refractivity contribution in [2.75, 3.05) is 6.54 Å². The summed E-state index contributed by atoms with van der Waals surface area (Å²) in [7, 11) is 0. The molecule has 0 aliphatic heterocycles. The van der Waals surface area contributed by atoms with Crippen LogP contribution in [0, 0.1) is 0 Å². The topological polar surface area (TPSA) is 42.2 Å². The molecular weight excluding hydrogens is 417 g/mol. The standard InChI is InChI=1S/C25H21Cl2NO2/c1-16(17-6-10-20(26)11-7-17)22(18-8-12-21(27)13-9-18)15-28-25(29)24-14-19-4-2-3-5-23(19)30-24/h2-14,16,22H,15H2,1H3,(H,28,29). The normalized spacial score (nSPS) is 13.2. The third kappa shape index (κ3) is 4.53. The predicted octanol–water partition coefficient (Wildman–Crippen LogP) is 7.06. The van der Waals surface area contributed by atoms with Gasteiger partial charge in [0.1, 0.15) is 5.58 Å². The zero-order chi connectivity index (χ0) is 21.1. The predicted molar refractivity (Wildman–Crippen MR) is 123 cm³/mol. The van der Waals surface area contributed by atoms with E-state index in [-0.39, 0.29) is 17.7 Å². The maximum atomic E-state index is 12.8. The summed E-state index contributed by atoms with van der Waals surface area (Å²) in [5, 5.41) is 5.34. The fourth-order valence-corrected chi connectivity index (χ4v) is 3.93. The number of hydrogen-bond acceptors (Lipinski definition) is 2. The van der Waals surface area contributed by atoms with Crippen LogP contribution in [0.25, 0.3) is 11.0 Å². The number of carbonyl (C=O) groups is 1. The Morgan fingerprint density at radius 3 is 2.13 bits per heavy atom. The number of hydrogen-bond donors (Lipinski definition) is 1. The fourth-order valence-electron chi connectivity index (χ4n) is 3.68. The van der Waals surface area contributed by atoms with Crippen molar-refractivity contribution < 1.29 is 9.21 Å². The van der Waals surface area contributed by atoms with Crippen LogP contribution in [0.3, 0.4) is 0 Å². The van der Waals surface area contributed by atoms with Crippen LogP contribution in [-0.2, 0) is 0 Å². The van der Waals surface area contributed by atoms with Gasteiger partial charge in [-0.1, -0.05) is 72.6 Å². The number of rotatable bonds is 6. The van der Waals surface area contributed by atoms with Crippen LogP contribution in [0.15, 0.2) is 83.3 Å². The molecule has 1 heterocycles. The molecule has 0 radical (unpaired) electrons. The van der Waals surface area contributed by atoms with Crippen LogP contribution in [0.1, 0.15) is 40.4 Å². The van der Waals surface area contributed by atoms with E-state index in [9.17, 15) is 4.79 Å². The number of carbonyl (C=O) groups excluding carboxylic acids is 1. The van der Waals surface area contributed by atoms with E-state index < -0.39 is 0 Å². The van der Waals surface area contributed by atoms with Crippen LogP contribution in [0.4, 0.5) is 0 Å². The van der Waals surface area contributed by atoms with E-state index >= 15 is 0 Å². The van der Waals surface area contributed by atoms with E-state index in [0.29, 0.717) is 27.9 Å². The van der Waals surface area contributed by atoms with E-state index in [4.69, 9.17) is 27.6 Å². The van der Waals surface area contributed by atoms with Gasteiger partial charge in [0.05, 0.1) is 0 Å². The summed E-state index contributed by atoms with van der Waals surface area (Å²) in [6, 6.07) is 24.9. The quantitative estimate of drug-likeness (QED) is 0.350. The van der Waals surface area contributed by atoms with Crippen molar-refractivity contribution in [1.82, 2.24) is 5.32 Å². The molecule has 1 N–H and O–H groups in total. The van der Waals surface area contributed by atoms with Gasteiger partial charge in [-0.05, 0) is 53.4 Å². The van der Waals surface area contributed by atoms with Gasteiger partial charge in [-0.25, -0.2) is 0 Å². The molecule has 0 saturated carbocycles. The molecule has 3 nitrogen and oxygen atoms in total. The Kier molecular flexibility index (Phi) is 6.12. The Bertz CT molecular complexity index is 1120. The van der Waals surface area contributed by atoms with Crippen LogP contribution in [0.2, 0.25) is 10.0 Å². The minimum Gasteiger partial charge on any atom is -0.451 e. The highest BCUT2D eigenvalue weighted by molar-refractivity contribution is 6.30. The van der Waals surface area contributed by atoms with Crippen molar-refractivity contribution in [2.24, 2.45) is 0 Å². The lowest BCUT2D eigenvalue weighted by Gasteiger charge is -2.25. The average Bonchev–Trinajstić information content (AvgIpc) is 3.20. The highest BCUT2D eigenvalue weighted by Crippen LogP contribution is 2.33. The molecule has 1 aromatic heterocycles. The molecule has 3 aromatic carbocycles. The molecule has 0 aliphatic rings. The Morgan fingerprint density at radius 1 is 0.900 bits per heavy atom. The summed E-state index contributed by atoms with van der Waals surface area (Å²) in [6.07, 6.45) is 0. The van der Waals surface area contributed by atoms with Gasteiger partial charge in [0.2, 0.25) is 0 Å². The van der Waals surface area contributed by atoms with E-state index in [0.717, 1.165) is 16.5 Å². The van der Waals surface area contributed by atoms with Crippen LogP contribution in [-0.4, -0.2) is 12.5 Å². The summed E-state index contributed by atoms with van der Waals surface area (Å²) in [5.41, 5.74) is 2.95. The Balaban J connectivity index is 1.56. The minimum absolute atomic E-state index is 0.0526. The monoisotopic (exact) mass is 437 g/mol. The molecule has 4 rings (SSSR count). The molecule has 0 spiro atoms. The number of halogens is 2. The molecule has 0 bridgehead atoms. The van der Waals surface area contributed by atoms with E-state index in [2.05, 4.69) is 12.2 Å². The lowest BCUT2D eigenvalue weighted by molar-refractivity contribution is 0.0924. The first-order valence-corrected chi connectivity index (χ1v) is 10.5. The van der Waals surface area contributed by atoms with Gasteiger partial charge in [0.15, 0.2) is 5.76 Å². The second-order valence-electron chi connectivity index (χ2n) is 7.36. The van der Waals surface area contributed by atoms with Gasteiger partial charge in [0, 0.05) is 27.9 Å². The first kappa shape index (κ1) is 20.5. The van der Waals surface area contributed by atoms with Crippen LogP contribution in [0.5, 0.6) is 0 Å². The fraction of sp³-hybridized carbons (Fsp3) is 0.160. The number of fused-ring (bicyclic) bond motifs is 1. The third-order valence-electron chi connectivity index (χ3n) is 5.43. The zero-order valence-electron chi connectivity index (χ0n) is 16.4. The maximum Gasteiger partial charge on any atom is 0.287 e. The Labute approximate surface area is 185 Å². The molecule has 2 unspecified atom stereocenters. The van der Waals surface area contributed by atoms with Crippen molar-refractivity contribution in [3.63, 3.8) is 0 Å². The highest BCUT2D eigenvalue weighted by atomic mass is 35.5. The summed E-state index contributed by atoms with van der Waals surface area (Å²) in [6.45, 7) is 2.61. The minimum atomic E-state index is -0.228. The Hall–Kier alpha value is -2.75. The molecule has 4 aromatic rings. The summed E-state index contributed by atoms with van der Waals surface area (Å²) < 4.78 is 5.70. The number of nitrogens with one attached hydrogen (secondary N) is 1. The summed E-state index contributed by atoms with van der Waals surface area (Å²) in [4.78, 5) is 12.8. The van der Waals surface area contributed by atoms with E-state index in [1.807, 2.05) is 72.8 Å². The van der Waals surface area contributed by atoms with Gasteiger partial charge in [-0.3, -0.25) is 4.79 Å². The molecule has 152 valence electrons. The SMILES string of the molecule is CC(c1ccc(Cl)cc1)C(CNC(=O)c1cc2ccccc2o1)c1ccc(Cl)cc1. The van der Waals surface area contributed by atoms with Gasteiger partial charge in [0.25, 0.3) is 5.91 Å². The Morgan fingerprint density at radius 2 is 1.50 bits per heavy atom.